The fourth-order valence-corrected chi connectivity index (χ4v) is 2.43. The Bertz CT molecular complexity index is 800. The highest BCUT2D eigenvalue weighted by Crippen LogP contribution is 2.25. The maximum Gasteiger partial charge on any atom is 0.356 e. The summed E-state index contributed by atoms with van der Waals surface area (Å²) >= 11 is 0. The minimum absolute atomic E-state index is 0.0376. The third-order valence-corrected chi connectivity index (χ3v) is 3.49. The molecule has 2 aromatic heterocycles. The topological polar surface area (TPSA) is 88.2 Å². The maximum atomic E-state index is 11.4. The molecule has 6 nitrogen and oxygen atoms in total. The first-order valence-corrected chi connectivity index (χ1v) is 7.09. The molecular weight excluding hydrogens is 294 g/mol. The first kappa shape index (κ1) is 14.9. The van der Waals surface area contributed by atoms with Gasteiger partial charge in [-0.3, -0.25) is 4.98 Å². The van der Waals surface area contributed by atoms with Gasteiger partial charge in [-0.25, -0.2) is 9.78 Å². The van der Waals surface area contributed by atoms with Gasteiger partial charge in [0.2, 0.25) is 0 Å². The van der Waals surface area contributed by atoms with Crippen LogP contribution in [0.3, 0.4) is 0 Å². The molecular formula is C17H15N3O3. The minimum Gasteiger partial charge on any atom is -0.476 e. The van der Waals surface area contributed by atoms with Gasteiger partial charge in [-0.15, -0.1) is 0 Å². The summed E-state index contributed by atoms with van der Waals surface area (Å²) in [5.74, 6) is -1.10. The fraction of sp³-hybridized carbons (Fsp3) is 0.118. The molecule has 0 bridgehead atoms. The Morgan fingerprint density at radius 2 is 1.83 bits per heavy atom. The number of aromatic nitrogens is 3. The van der Waals surface area contributed by atoms with Crippen LogP contribution in [0.5, 0.6) is 0 Å². The Balaban J connectivity index is 1.98. The van der Waals surface area contributed by atoms with Gasteiger partial charge in [0.25, 0.3) is 0 Å². The quantitative estimate of drug-likeness (QED) is 0.755. The molecule has 3 aromatic rings. The number of carbonyl (C=O) groups is 1. The first-order chi connectivity index (χ1) is 11.2. The van der Waals surface area contributed by atoms with E-state index < -0.39 is 12.1 Å². The summed E-state index contributed by atoms with van der Waals surface area (Å²) in [7, 11) is 0. The highest BCUT2D eigenvalue weighted by Gasteiger charge is 2.20. The number of hydrogen-bond donors (Lipinski definition) is 2. The lowest BCUT2D eigenvalue weighted by Gasteiger charge is -2.14. The van der Waals surface area contributed by atoms with Crippen molar-refractivity contribution in [3.63, 3.8) is 0 Å². The number of aliphatic hydroxyl groups excluding tert-OH is 1. The molecule has 0 aliphatic heterocycles. The first-order valence-electron chi connectivity index (χ1n) is 7.09. The van der Waals surface area contributed by atoms with E-state index in [0.717, 1.165) is 5.56 Å². The third-order valence-electron chi connectivity index (χ3n) is 3.49. The van der Waals surface area contributed by atoms with E-state index in [1.807, 2.05) is 30.3 Å². The summed E-state index contributed by atoms with van der Waals surface area (Å²) in [6.45, 7) is 0.168. The van der Waals surface area contributed by atoms with Crippen LogP contribution in [0.2, 0.25) is 0 Å². The normalized spacial score (nSPS) is 12.0. The van der Waals surface area contributed by atoms with Crippen molar-refractivity contribution in [2.45, 2.75) is 12.6 Å². The Kier molecular flexibility index (Phi) is 4.16. The van der Waals surface area contributed by atoms with Gasteiger partial charge in [-0.05, 0) is 12.1 Å². The summed E-state index contributed by atoms with van der Waals surface area (Å²) in [5, 5.41) is 19.7. The average Bonchev–Trinajstić information content (AvgIpc) is 3.00. The highest BCUT2D eigenvalue weighted by atomic mass is 16.4. The van der Waals surface area contributed by atoms with Crippen molar-refractivity contribution in [1.29, 1.82) is 0 Å². The Labute approximate surface area is 132 Å². The van der Waals surface area contributed by atoms with E-state index in [0.29, 0.717) is 11.4 Å². The molecule has 0 spiro atoms. The third kappa shape index (κ3) is 3.12. The molecule has 0 aliphatic carbocycles. The number of imidazole rings is 1. The van der Waals surface area contributed by atoms with Crippen LogP contribution in [0.15, 0.2) is 61.1 Å². The molecule has 23 heavy (non-hydrogen) atoms. The molecule has 0 saturated carbocycles. The predicted molar refractivity (Wildman–Crippen MR) is 83.8 cm³/mol. The zero-order chi connectivity index (χ0) is 16.2. The second-order valence-corrected chi connectivity index (χ2v) is 5.04. The lowest BCUT2D eigenvalue weighted by Crippen LogP contribution is -2.11. The summed E-state index contributed by atoms with van der Waals surface area (Å²) < 4.78 is 1.64. The van der Waals surface area contributed by atoms with Crippen LogP contribution in [-0.4, -0.2) is 30.7 Å². The predicted octanol–water partition coefficient (Wildman–Crippen LogP) is 2.38. The molecule has 3 rings (SSSR count). The summed E-state index contributed by atoms with van der Waals surface area (Å²) in [5.41, 5.74) is 1.69. The number of carboxylic acids is 1. The van der Waals surface area contributed by atoms with Gasteiger partial charge in [0, 0.05) is 11.8 Å². The number of carboxylic acid groups (broad SMARTS) is 1. The number of benzene rings is 1. The van der Waals surface area contributed by atoms with Crippen molar-refractivity contribution in [2.75, 3.05) is 0 Å². The van der Waals surface area contributed by atoms with E-state index in [1.165, 1.54) is 6.33 Å². The molecule has 2 N–H and O–H groups in total. The van der Waals surface area contributed by atoms with Crippen molar-refractivity contribution in [3.8, 4) is 11.3 Å². The molecule has 0 radical (unpaired) electrons. The molecule has 1 aromatic carbocycles. The zero-order valence-corrected chi connectivity index (χ0v) is 12.2. The molecule has 1 atom stereocenters. The van der Waals surface area contributed by atoms with Crippen LogP contribution in [0.1, 0.15) is 22.3 Å². The van der Waals surface area contributed by atoms with Crippen LogP contribution in [0.4, 0.5) is 0 Å². The van der Waals surface area contributed by atoms with E-state index in [4.69, 9.17) is 0 Å². The van der Waals surface area contributed by atoms with Crippen LogP contribution < -0.4 is 0 Å². The number of aromatic carboxylic acids is 1. The fourth-order valence-electron chi connectivity index (χ4n) is 2.43. The van der Waals surface area contributed by atoms with E-state index in [9.17, 15) is 15.0 Å². The Hall–Kier alpha value is -2.99. The SMILES string of the molecule is O=C(O)c1ncn(CC(O)c2ccccn2)c1-c1ccccc1. The van der Waals surface area contributed by atoms with Crippen molar-refractivity contribution in [1.82, 2.24) is 14.5 Å². The van der Waals surface area contributed by atoms with Crippen molar-refractivity contribution < 1.29 is 15.0 Å². The van der Waals surface area contributed by atoms with E-state index >= 15 is 0 Å². The number of hydrogen-bond acceptors (Lipinski definition) is 4. The smallest absolute Gasteiger partial charge is 0.356 e. The monoisotopic (exact) mass is 309 g/mol. The number of nitrogens with zero attached hydrogens (tertiary/aromatic N) is 3. The van der Waals surface area contributed by atoms with Crippen LogP contribution in [-0.2, 0) is 6.54 Å². The molecule has 0 fully saturated rings. The van der Waals surface area contributed by atoms with Crippen LogP contribution in [0.25, 0.3) is 11.3 Å². The van der Waals surface area contributed by atoms with Gasteiger partial charge in [0.1, 0.15) is 6.10 Å². The standard InChI is InChI=1S/C17H15N3O3/c21-14(13-8-4-5-9-18-13)10-20-11-19-15(17(22)23)16(20)12-6-2-1-3-7-12/h1-9,11,14,21H,10H2,(H,22,23). The average molecular weight is 309 g/mol. The van der Waals surface area contributed by atoms with Gasteiger partial charge >= 0.3 is 5.97 Å². The summed E-state index contributed by atoms with van der Waals surface area (Å²) in [6, 6.07) is 14.4. The number of rotatable bonds is 5. The van der Waals surface area contributed by atoms with Gasteiger partial charge in [0.05, 0.1) is 24.3 Å². The molecule has 6 heteroatoms. The number of pyridine rings is 1. The molecule has 1 unspecified atom stereocenters. The Morgan fingerprint density at radius 1 is 1.09 bits per heavy atom. The molecule has 2 heterocycles. The molecule has 116 valence electrons. The van der Waals surface area contributed by atoms with Crippen molar-refractivity contribution in [3.05, 3.63) is 72.4 Å². The lowest BCUT2D eigenvalue weighted by molar-refractivity contribution is 0.0691. The summed E-state index contributed by atoms with van der Waals surface area (Å²) in [4.78, 5) is 19.5. The highest BCUT2D eigenvalue weighted by molar-refractivity contribution is 5.92. The van der Waals surface area contributed by atoms with Crippen molar-refractivity contribution >= 4 is 5.97 Å². The molecule has 0 aliphatic rings. The lowest BCUT2D eigenvalue weighted by atomic mass is 10.1. The minimum atomic E-state index is -1.10. The van der Waals surface area contributed by atoms with Gasteiger partial charge in [-0.2, -0.15) is 0 Å². The molecule has 0 amide bonds. The molecule has 0 saturated heterocycles. The Morgan fingerprint density at radius 3 is 2.48 bits per heavy atom. The maximum absolute atomic E-state index is 11.4. The van der Waals surface area contributed by atoms with E-state index in [2.05, 4.69) is 9.97 Å². The largest absolute Gasteiger partial charge is 0.476 e. The van der Waals surface area contributed by atoms with Gasteiger partial charge in [-0.1, -0.05) is 36.4 Å². The second kappa shape index (κ2) is 6.41. The zero-order valence-electron chi connectivity index (χ0n) is 12.2. The van der Waals surface area contributed by atoms with Crippen molar-refractivity contribution in [2.24, 2.45) is 0 Å². The second-order valence-electron chi connectivity index (χ2n) is 5.04. The van der Waals surface area contributed by atoms with Crippen LogP contribution >= 0.6 is 0 Å². The number of aliphatic hydroxyl groups is 1. The summed E-state index contributed by atoms with van der Waals surface area (Å²) in [6.07, 6.45) is 2.18. The van der Waals surface area contributed by atoms with E-state index in [-0.39, 0.29) is 12.2 Å². The van der Waals surface area contributed by atoms with Crippen LogP contribution in [0, 0.1) is 0 Å². The van der Waals surface area contributed by atoms with Gasteiger partial charge < -0.3 is 14.8 Å². The van der Waals surface area contributed by atoms with E-state index in [1.54, 1.807) is 29.0 Å². The van der Waals surface area contributed by atoms with Gasteiger partial charge in [0.15, 0.2) is 5.69 Å².